The second-order valence-electron chi connectivity index (χ2n) is 7.03. The van der Waals surface area contributed by atoms with Crippen LogP contribution < -0.4 is 5.32 Å². The third-order valence-corrected chi connectivity index (χ3v) is 6.82. The van der Waals surface area contributed by atoms with Crippen molar-refractivity contribution >= 4 is 31.9 Å². The SMILES string of the molecule is CC(C)CCNC(=O)C1CCN(S(=O)(=O)Cc2cccc(Br)c2)CC1. The molecule has 7 heteroatoms. The van der Waals surface area contributed by atoms with Crippen LogP contribution in [0.2, 0.25) is 0 Å². The van der Waals surface area contributed by atoms with Gasteiger partial charge in [0.05, 0.1) is 5.75 Å². The van der Waals surface area contributed by atoms with E-state index in [1.807, 2.05) is 24.3 Å². The Labute approximate surface area is 159 Å². The van der Waals surface area contributed by atoms with Gasteiger partial charge in [0.15, 0.2) is 0 Å². The lowest BCUT2D eigenvalue weighted by Gasteiger charge is -2.30. The Hall–Kier alpha value is -0.920. The third kappa shape index (κ3) is 6.38. The summed E-state index contributed by atoms with van der Waals surface area (Å²) in [6.07, 6.45) is 2.14. The van der Waals surface area contributed by atoms with Crippen molar-refractivity contribution in [2.75, 3.05) is 19.6 Å². The van der Waals surface area contributed by atoms with Crippen LogP contribution in [0.5, 0.6) is 0 Å². The number of nitrogens with zero attached hydrogens (tertiary/aromatic N) is 1. The zero-order chi connectivity index (χ0) is 18.4. The number of amides is 1. The Morgan fingerprint density at radius 1 is 1.32 bits per heavy atom. The van der Waals surface area contributed by atoms with Crippen molar-refractivity contribution in [2.24, 2.45) is 11.8 Å². The molecule has 1 aromatic carbocycles. The maximum absolute atomic E-state index is 12.6. The number of sulfonamides is 1. The molecule has 1 N–H and O–H groups in total. The molecule has 5 nitrogen and oxygen atoms in total. The fourth-order valence-corrected chi connectivity index (χ4v) is 4.95. The van der Waals surface area contributed by atoms with Crippen LogP contribution in [0.4, 0.5) is 0 Å². The van der Waals surface area contributed by atoms with Crippen molar-refractivity contribution in [1.29, 1.82) is 0 Å². The number of piperidine rings is 1. The quantitative estimate of drug-likeness (QED) is 0.722. The fourth-order valence-electron chi connectivity index (χ4n) is 2.95. The molecule has 0 aliphatic carbocycles. The van der Waals surface area contributed by atoms with Crippen LogP contribution in [0.25, 0.3) is 0 Å². The highest BCUT2D eigenvalue weighted by atomic mass is 79.9. The standard InChI is InChI=1S/C18H27BrN2O3S/c1-14(2)6-9-20-18(22)16-7-10-21(11-8-16)25(23,24)13-15-4-3-5-17(19)12-15/h3-5,12,14,16H,6-11,13H2,1-2H3,(H,20,22). The van der Waals surface area contributed by atoms with E-state index < -0.39 is 10.0 Å². The molecule has 140 valence electrons. The molecular formula is C18H27BrN2O3S. The Morgan fingerprint density at radius 3 is 2.60 bits per heavy atom. The first-order valence-electron chi connectivity index (χ1n) is 8.78. The van der Waals surface area contributed by atoms with Gasteiger partial charge in [0.25, 0.3) is 0 Å². The van der Waals surface area contributed by atoms with E-state index in [4.69, 9.17) is 0 Å². The van der Waals surface area contributed by atoms with Crippen LogP contribution in [0.1, 0.15) is 38.7 Å². The summed E-state index contributed by atoms with van der Waals surface area (Å²) in [5, 5.41) is 2.97. The van der Waals surface area contributed by atoms with E-state index in [-0.39, 0.29) is 17.6 Å². The number of hydrogen-bond donors (Lipinski definition) is 1. The van der Waals surface area contributed by atoms with Gasteiger partial charge in [0, 0.05) is 30.0 Å². The zero-order valence-corrected chi connectivity index (χ0v) is 17.3. The molecule has 0 unspecified atom stereocenters. The average molecular weight is 431 g/mol. The van der Waals surface area contributed by atoms with Crippen LogP contribution in [0.3, 0.4) is 0 Å². The average Bonchev–Trinajstić information content (AvgIpc) is 2.54. The van der Waals surface area contributed by atoms with E-state index in [0.29, 0.717) is 38.4 Å². The maximum atomic E-state index is 12.6. The van der Waals surface area contributed by atoms with Gasteiger partial charge in [-0.3, -0.25) is 4.79 Å². The number of carbonyl (C=O) groups is 1. The lowest BCUT2D eigenvalue weighted by atomic mass is 9.97. The predicted molar refractivity (Wildman–Crippen MR) is 104 cm³/mol. The van der Waals surface area contributed by atoms with Crippen molar-refractivity contribution in [1.82, 2.24) is 9.62 Å². The highest BCUT2D eigenvalue weighted by molar-refractivity contribution is 9.10. The summed E-state index contributed by atoms with van der Waals surface area (Å²) in [4.78, 5) is 12.2. The van der Waals surface area contributed by atoms with E-state index in [2.05, 4.69) is 35.1 Å². The molecule has 1 saturated heterocycles. The highest BCUT2D eigenvalue weighted by Gasteiger charge is 2.31. The van der Waals surface area contributed by atoms with Crippen molar-refractivity contribution < 1.29 is 13.2 Å². The smallest absolute Gasteiger partial charge is 0.223 e. The predicted octanol–water partition coefficient (Wildman–Crippen LogP) is 3.15. The topological polar surface area (TPSA) is 66.5 Å². The van der Waals surface area contributed by atoms with Gasteiger partial charge in [-0.05, 0) is 42.9 Å². The Bertz CT molecular complexity index is 683. The van der Waals surface area contributed by atoms with Gasteiger partial charge in [-0.15, -0.1) is 0 Å². The Kier molecular flexibility index (Phi) is 7.46. The van der Waals surface area contributed by atoms with E-state index in [1.54, 1.807) is 0 Å². The molecule has 0 spiro atoms. The van der Waals surface area contributed by atoms with Gasteiger partial charge in [-0.25, -0.2) is 12.7 Å². The minimum atomic E-state index is -3.35. The molecule has 2 rings (SSSR count). The molecule has 1 aliphatic rings. The highest BCUT2D eigenvalue weighted by Crippen LogP contribution is 2.22. The van der Waals surface area contributed by atoms with E-state index in [9.17, 15) is 13.2 Å². The summed E-state index contributed by atoms with van der Waals surface area (Å²) in [6, 6.07) is 7.35. The van der Waals surface area contributed by atoms with E-state index >= 15 is 0 Å². The molecule has 1 fully saturated rings. The van der Waals surface area contributed by atoms with Crippen molar-refractivity contribution in [2.45, 2.75) is 38.9 Å². The number of benzene rings is 1. The minimum Gasteiger partial charge on any atom is -0.356 e. The largest absolute Gasteiger partial charge is 0.356 e. The molecule has 0 saturated carbocycles. The third-order valence-electron chi connectivity index (χ3n) is 4.48. The monoisotopic (exact) mass is 430 g/mol. The molecular weight excluding hydrogens is 404 g/mol. The second-order valence-corrected chi connectivity index (χ2v) is 9.92. The van der Waals surface area contributed by atoms with Crippen LogP contribution in [0.15, 0.2) is 28.7 Å². The zero-order valence-electron chi connectivity index (χ0n) is 14.9. The maximum Gasteiger partial charge on any atom is 0.223 e. The Balaban J connectivity index is 1.85. The molecule has 1 aliphatic heterocycles. The van der Waals surface area contributed by atoms with Crippen LogP contribution in [-0.2, 0) is 20.6 Å². The van der Waals surface area contributed by atoms with Crippen molar-refractivity contribution in [3.8, 4) is 0 Å². The van der Waals surface area contributed by atoms with Crippen LogP contribution in [-0.4, -0.2) is 38.3 Å². The summed E-state index contributed by atoms with van der Waals surface area (Å²) < 4.78 is 27.6. The van der Waals surface area contributed by atoms with Gasteiger partial charge < -0.3 is 5.32 Å². The minimum absolute atomic E-state index is 0.00229. The number of nitrogens with one attached hydrogen (secondary N) is 1. The molecule has 0 radical (unpaired) electrons. The number of rotatable bonds is 7. The molecule has 1 amide bonds. The molecule has 0 aromatic heterocycles. The summed E-state index contributed by atoms with van der Waals surface area (Å²) in [6.45, 7) is 5.77. The van der Waals surface area contributed by atoms with E-state index in [0.717, 1.165) is 16.5 Å². The lowest BCUT2D eigenvalue weighted by molar-refractivity contribution is -0.126. The number of carbonyl (C=O) groups excluding carboxylic acids is 1. The molecule has 1 heterocycles. The first kappa shape index (κ1) is 20.4. The first-order chi connectivity index (χ1) is 11.8. The molecule has 1 aromatic rings. The number of hydrogen-bond acceptors (Lipinski definition) is 3. The Morgan fingerprint density at radius 2 is 2.00 bits per heavy atom. The first-order valence-corrected chi connectivity index (χ1v) is 11.2. The van der Waals surface area contributed by atoms with Gasteiger partial charge in [0.1, 0.15) is 0 Å². The summed E-state index contributed by atoms with van der Waals surface area (Å²) >= 11 is 3.37. The lowest BCUT2D eigenvalue weighted by Crippen LogP contribution is -2.43. The summed E-state index contributed by atoms with van der Waals surface area (Å²) in [5.41, 5.74) is 0.767. The number of halogens is 1. The van der Waals surface area contributed by atoms with Crippen LogP contribution in [0, 0.1) is 11.8 Å². The van der Waals surface area contributed by atoms with Gasteiger partial charge in [-0.2, -0.15) is 0 Å². The van der Waals surface area contributed by atoms with E-state index in [1.165, 1.54) is 4.31 Å². The molecule has 0 bridgehead atoms. The van der Waals surface area contributed by atoms with Gasteiger partial charge in [-0.1, -0.05) is 41.9 Å². The van der Waals surface area contributed by atoms with Gasteiger partial charge >= 0.3 is 0 Å². The summed E-state index contributed by atoms with van der Waals surface area (Å²) in [5.74, 6) is 0.539. The van der Waals surface area contributed by atoms with Crippen LogP contribution >= 0.6 is 15.9 Å². The second kappa shape index (κ2) is 9.14. The normalized spacial score (nSPS) is 17.0. The van der Waals surface area contributed by atoms with Crippen molar-refractivity contribution in [3.63, 3.8) is 0 Å². The summed E-state index contributed by atoms with van der Waals surface area (Å²) in [7, 11) is -3.35. The van der Waals surface area contributed by atoms with Gasteiger partial charge in [0.2, 0.25) is 15.9 Å². The molecule has 25 heavy (non-hydrogen) atoms. The van der Waals surface area contributed by atoms with Crippen molar-refractivity contribution in [3.05, 3.63) is 34.3 Å². The fraction of sp³-hybridized carbons (Fsp3) is 0.611. The molecule has 0 atom stereocenters.